The molecule has 0 bridgehead atoms. The molecular formula is C13H9F2IN2O4. The van der Waals surface area contributed by atoms with Gasteiger partial charge in [-0.25, -0.2) is 19.2 Å². The molecule has 0 saturated carbocycles. The fourth-order valence-electron chi connectivity index (χ4n) is 1.55. The largest absolute Gasteiger partial charge is 0.490 e. The average molecular weight is 422 g/mol. The Hall–Kier alpha value is -2.04. The van der Waals surface area contributed by atoms with Crippen molar-refractivity contribution >= 4 is 28.6 Å². The SMILES string of the molecule is COC(=O)c1nc(I)cnc1Oc1ccc(F)c(F)c1OC. The second kappa shape index (κ2) is 6.81. The standard InChI is InChI=1S/C13H9F2IN2O4/c1-20-11-7(4-3-6(14)9(11)15)22-12-10(13(19)21-2)18-8(16)5-17-12/h3-5H,1-2H3. The van der Waals surface area contributed by atoms with Gasteiger partial charge in [-0.3, -0.25) is 0 Å². The Labute approximate surface area is 137 Å². The number of carbonyl (C=O) groups is 1. The fraction of sp³-hybridized carbons (Fsp3) is 0.154. The van der Waals surface area contributed by atoms with Gasteiger partial charge in [0.1, 0.15) is 3.70 Å². The number of benzene rings is 1. The van der Waals surface area contributed by atoms with Crippen molar-refractivity contribution in [3.05, 3.63) is 39.4 Å². The maximum Gasteiger partial charge on any atom is 0.362 e. The molecule has 6 nitrogen and oxygen atoms in total. The van der Waals surface area contributed by atoms with Crippen molar-refractivity contribution in [2.75, 3.05) is 14.2 Å². The summed E-state index contributed by atoms with van der Waals surface area (Å²) in [6.45, 7) is 0. The van der Waals surface area contributed by atoms with Gasteiger partial charge >= 0.3 is 5.97 Å². The fourth-order valence-corrected chi connectivity index (χ4v) is 1.93. The molecule has 9 heteroatoms. The minimum absolute atomic E-state index is 0.151. The second-order valence-electron chi connectivity index (χ2n) is 3.83. The first-order valence-electron chi connectivity index (χ1n) is 5.78. The molecule has 0 N–H and O–H groups in total. The van der Waals surface area contributed by atoms with Crippen molar-refractivity contribution in [3.63, 3.8) is 0 Å². The summed E-state index contributed by atoms with van der Waals surface area (Å²) in [5.74, 6) is -3.89. The summed E-state index contributed by atoms with van der Waals surface area (Å²) in [5, 5.41) is 0. The van der Waals surface area contributed by atoms with E-state index < -0.39 is 23.4 Å². The van der Waals surface area contributed by atoms with Gasteiger partial charge in [-0.15, -0.1) is 0 Å². The van der Waals surface area contributed by atoms with Crippen LogP contribution in [-0.2, 0) is 4.74 Å². The van der Waals surface area contributed by atoms with Gasteiger partial charge in [-0.1, -0.05) is 0 Å². The van der Waals surface area contributed by atoms with Crippen molar-refractivity contribution in [2.45, 2.75) is 0 Å². The lowest BCUT2D eigenvalue weighted by Crippen LogP contribution is -2.09. The third kappa shape index (κ3) is 3.24. The van der Waals surface area contributed by atoms with Gasteiger partial charge < -0.3 is 14.2 Å². The van der Waals surface area contributed by atoms with E-state index in [4.69, 9.17) is 9.47 Å². The van der Waals surface area contributed by atoms with Gasteiger partial charge in [0.2, 0.25) is 17.3 Å². The number of aromatic nitrogens is 2. The van der Waals surface area contributed by atoms with Crippen LogP contribution in [0.15, 0.2) is 18.3 Å². The predicted octanol–water partition coefficient (Wildman–Crippen LogP) is 2.95. The predicted molar refractivity (Wildman–Crippen MR) is 79.1 cm³/mol. The maximum absolute atomic E-state index is 13.6. The number of esters is 1. The van der Waals surface area contributed by atoms with Crippen LogP contribution in [0.5, 0.6) is 17.4 Å². The number of hydrogen-bond acceptors (Lipinski definition) is 6. The van der Waals surface area contributed by atoms with E-state index in [1.165, 1.54) is 13.3 Å². The molecule has 0 spiro atoms. The molecule has 0 unspecified atom stereocenters. The number of methoxy groups -OCH3 is 2. The Balaban J connectivity index is 2.48. The molecule has 0 aliphatic heterocycles. The number of hydrogen-bond donors (Lipinski definition) is 0. The zero-order chi connectivity index (χ0) is 16.3. The molecule has 0 aliphatic rings. The number of ether oxygens (including phenoxy) is 3. The van der Waals surface area contributed by atoms with Crippen LogP contribution in [-0.4, -0.2) is 30.2 Å². The van der Waals surface area contributed by atoms with Gasteiger partial charge in [0.05, 0.1) is 20.4 Å². The molecule has 0 aliphatic carbocycles. The normalized spacial score (nSPS) is 10.2. The van der Waals surface area contributed by atoms with Gasteiger partial charge in [0.15, 0.2) is 11.6 Å². The molecule has 1 heterocycles. The van der Waals surface area contributed by atoms with E-state index in [0.717, 1.165) is 19.2 Å². The summed E-state index contributed by atoms with van der Waals surface area (Å²) in [5.41, 5.74) is -0.193. The van der Waals surface area contributed by atoms with Crippen molar-refractivity contribution in [2.24, 2.45) is 0 Å². The third-order valence-corrected chi connectivity index (χ3v) is 3.03. The maximum atomic E-state index is 13.6. The van der Waals surface area contributed by atoms with E-state index in [-0.39, 0.29) is 17.3 Å². The summed E-state index contributed by atoms with van der Waals surface area (Å²) in [7, 11) is 2.33. The first-order chi connectivity index (χ1) is 10.5. The summed E-state index contributed by atoms with van der Waals surface area (Å²) in [4.78, 5) is 19.5. The molecule has 1 aromatic heterocycles. The van der Waals surface area contributed by atoms with E-state index in [1.54, 1.807) is 0 Å². The Morgan fingerprint density at radius 1 is 1.27 bits per heavy atom. The topological polar surface area (TPSA) is 70.5 Å². The average Bonchev–Trinajstić information content (AvgIpc) is 2.52. The lowest BCUT2D eigenvalue weighted by molar-refractivity contribution is 0.0589. The highest BCUT2D eigenvalue weighted by molar-refractivity contribution is 14.1. The van der Waals surface area contributed by atoms with E-state index in [1.807, 2.05) is 22.6 Å². The molecular weight excluding hydrogens is 413 g/mol. The summed E-state index contributed by atoms with van der Waals surface area (Å²) < 4.78 is 42.0. The zero-order valence-electron chi connectivity index (χ0n) is 11.4. The molecule has 2 rings (SSSR count). The number of carbonyl (C=O) groups excluding carboxylic acids is 1. The van der Waals surface area contributed by atoms with Crippen LogP contribution >= 0.6 is 22.6 Å². The van der Waals surface area contributed by atoms with Crippen LogP contribution < -0.4 is 9.47 Å². The molecule has 116 valence electrons. The van der Waals surface area contributed by atoms with Crippen molar-refractivity contribution in [1.82, 2.24) is 9.97 Å². The van der Waals surface area contributed by atoms with Crippen molar-refractivity contribution in [1.29, 1.82) is 0 Å². The van der Waals surface area contributed by atoms with Gasteiger partial charge in [-0.05, 0) is 34.7 Å². The first-order valence-corrected chi connectivity index (χ1v) is 6.86. The summed E-state index contributed by atoms with van der Waals surface area (Å²) >= 11 is 1.86. The van der Waals surface area contributed by atoms with Gasteiger partial charge in [0, 0.05) is 0 Å². The zero-order valence-corrected chi connectivity index (χ0v) is 13.6. The molecule has 0 saturated heterocycles. The Kier molecular flexibility index (Phi) is 5.06. The molecule has 0 radical (unpaired) electrons. The number of halogens is 3. The third-order valence-electron chi connectivity index (χ3n) is 2.51. The highest BCUT2D eigenvalue weighted by atomic mass is 127. The van der Waals surface area contributed by atoms with E-state index in [2.05, 4.69) is 14.7 Å². The Morgan fingerprint density at radius 3 is 2.64 bits per heavy atom. The van der Waals surface area contributed by atoms with E-state index >= 15 is 0 Å². The van der Waals surface area contributed by atoms with Gasteiger partial charge in [0.25, 0.3) is 5.88 Å². The summed E-state index contributed by atoms with van der Waals surface area (Å²) in [6.07, 6.45) is 1.34. The number of nitrogens with zero attached hydrogens (tertiary/aromatic N) is 2. The highest BCUT2D eigenvalue weighted by Gasteiger charge is 2.22. The van der Waals surface area contributed by atoms with E-state index in [0.29, 0.717) is 3.70 Å². The minimum atomic E-state index is -1.21. The smallest absolute Gasteiger partial charge is 0.362 e. The second-order valence-corrected chi connectivity index (χ2v) is 4.94. The molecule has 22 heavy (non-hydrogen) atoms. The Bertz CT molecular complexity index is 727. The quantitative estimate of drug-likeness (QED) is 0.558. The van der Waals surface area contributed by atoms with Crippen LogP contribution in [0.1, 0.15) is 10.5 Å². The highest BCUT2D eigenvalue weighted by Crippen LogP contribution is 2.35. The van der Waals surface area contributed by atoms with Crippen molar-refractivity contribution in [3.8, 4) is 17.4 Å². The number of rotatable bonds is 4. The minimum Gasteiger partial charge on any atom is -0.490 e. The monoisotopic (exact) mass is 422 g/mol. The van der Waals surface area contributed by atoms with Crippen LogP contribution in [0.3, 0.4) is 0 Å². The molecule has 0 amide bonds. The lowest BCUT2D eigenvalue weighted by atomic mass is 10.3. The van der Waals surface area contributed by atoms with Crippen LogP contribution in [0.2, 0.25) is 0 Å². The van der Waals surface area contributed by atoms with Gasteiger partial charge in [-0.2, -0.15) is 4.39 Å². The van der Waals surface area contributed by atoms with E-state index in [9.17, 15) is 13.6 Å². The molecule has 0 fully saturated rings. The molecule has 0 atom stereocenters. The lowest BCUT2D eigenvalue weighted by Gasteiger charge is -2.12. The van der Waals surface area contributed by atoms with Crippen molar-refractivity contribution < 1.29 is 27.8 Å². The molecule has 1 aromatic carbocycles. The molecule has 2 aromatic rings. The Morgan fingerprint density at radius 2 is 2.00 bits per heavy atom. The first kappa shape index (κ1) is 16.3. The summed E-state index contributed by atoms with van der Waals surface area (Å²) in [6, 6.07) is 2.02. The van der Waals surface area contributed by atoms with Crippen LogP contribution in [0.25, 0.3) is 0 Å². The van der Waals surface area contributed by atoms with Crippen LogP contribution in [0.4, 0.5) is 8.78 Å². The van der Waals surface area contributed by atoms with Crippen LogP contribution in [0, 0.1) is 15.3 Å².